The van der Waals surface area contributed by atoms with E-state index in [2.05, 4.69) is 96.6 Å². The van der Waals surface area contributed by atoms with E-state index in [-0.39, 0.29) is 23.7 Å². The lowest BCUT2D eigenvalue weighted by Gasteiger charge is -2.52. The molecule has 1 fully saturated rings. The lowest BCUT2D eigenvalue weighted by atomic mass is 9.50. The average molecular weight is 421 g/mol. The lowest BCUT2D eigenvalue weighted by molar-refractivity contribution is 0.219. The van der Waals surface area contributed by atoms with Crippen LogP contribution in [0.1, 0.15) is 69.2 Å². The number of benzene rings is 2. The van der Waals surface area contributed by atoms with Crippen molar-refractivity contribution in [1.82, 2.24) is 19.9 Å². The monoisotopic (exact) mass is 420 g/mol. The van der Waals surface area contributed by atoms with Gasteiger partial charge in [0.15, 0.2) is 0 Å². The van der Waals surface area contributed by atoms with Gasteiger partial charge in [-0.3, -0.25) is 0 Å². The maximum absolute atomic E-state index is 4.93. The van der Waals surface area contributed by atoms with Crippen LogP contribution in [0.3, 0.4) is 0 Å². The number of aromatic nitrogens is 4. The van der Waals surface area contributed by atoms with E-state index in [1.165, 1.54) is 11.1 Å². The smallest absolute Gasteiger partial charge is 0.125 e. The molecule has 0 saturated heterocycles. The summed E-state index contributed by atoms with van der Waals surface area (Å²) in [5.41, 5.74) is 6.94. The molecular weight excluding hydrogens is 392 g/mol. The predicted molar refractivity (Wildman–Crippen MR) is 127 cm³/mol. The fourth-order valence-corrected chi connectivity index (χ4v) is 5.50. The lowest BCUT2D eigenvalue weighted by Crippen LogP contribution is -2.41. The molecule has 160 valence electrons. The van der Waals surface area contributed by atoms with Crippen LogP contribution in [0, 0.1) is 27.7 Å². The van der Waals surface area contributed by atoms with E-state index in [0.717, 1.165) is 34.4 Å². The van der Waals surface area contributed by atoms with Crippen molar-refractivity contribution in [3.63, 3.8) is 0 Å². The molecule has 0 atom stereocenters. The second-order valence-corrected chi connectivity index (χ2v) is 8.89. The minimum absolute atomic E-state index is 0.251. The van der Waals surface area contributed by atoms with Crippen LogP contribution in [0.4, 0.5) is 0 Å². The van der Waals surface area contributed by atoms with E-state index >= 15 is 0 Å². The molecule has 4 aromatic rings. The van der Waals surface area contributed by atoms with Gasteiger partial charge in [0, 0.05) is 46.4 Å². The van der Waals surface area contributed by atoms with Gasteiger partial charge in [-0.15, -0.1) is 0 Å². The highest BCUT2D eigenvalue weighted by Gasteiger charge is 2.54. The molecule has 2 heterocycles. The van der Waals surface area contributed by atoms with E-state index in [1.807, 2.05) is 13.8 Å². The van der Waals surface area contributed by atoms with Gasteiger partial charge in [-0.2, -0.15) is 0 Å². The molecule has 0 spiro atoms. The van der Waals surface area contributed by atoms with Gasteiger partial charge in [-0.1, -0.05) is 60.7 Å². The number of hydrogen-bond donors (Lipinski definition) is 0. The number of aryl methyl sites for hydroxylation is 4. The topological polar surface area (TPSA) is 51.6 Å². The van der Waals surface area contributed by atoms with Gasteiger partial charge in [0.25, 0.3) is 0 Å². The number of rotatable bonds is 4. The van der Waals surface area contributed by atoms with Gasteiger partial charge in [-0.25, -0.2) is 19.9 Å². The van der Waals surface area contributed by atoms with Crippen molar-refractivity contribution >= 4 is 0 Å². The highest BCUT2D eigenvalue weighted by atomic mass is 14.9. The van der Waals surface area contributed by atoms with Crippen LogP contribution in [0.5, 0.6) is 0 Å². The van der Waals surface area contributed by atoms with E-state index in [1.54, 1.807) is 0 Å². The summed E-state index contributed by atoms with van der Waals surface area (Å²) in [7, 11) is 0. The van der Waals surface area contributed by atoms with E-state index in [9.17, 15) is 0 Å². The van der Waals surface area contributed by atoms with Crippen molar-refractivity contribution in [2.24, 2.45) is 0 Å². The van der Waals surface area contributed by atoms with Crippen LogP contribution >= 0.6 is 0 Å². The molecule has 4 heteroatoms. The first kappa shape index (κ1) is 20.5. The summed E-state index contributed by atoms with van der Waals surface area (Å²) in [5, 5.41) is 0. The van der Waals surface area contributed by atoms with E-state index in [4.69, 9.17) is 9.97 Å². The SMILES string of the molecule is Cc1cc(C2[C@H](c3ccccc3)[C@H](c3cc(C)nc(C)n3)[C@H]2c2ccccc2)nc(C)n1. The van der Waals surface area contributed by atoms with Gasteiger partial charge in [0.2, 0.25) is 0 Å². The molecule has 2 aromatic carbocycles. The minimum Gasteiger partial charge on any atom is -0.239 e. The van der Waals surface area contributed by atoms with Gasteiger partial charge in [0.05, 0.1) is 0 Å². The molecule has 4 nitrogen and oxygen atoms in total. The fraction of sp³-hybridized carbons (Fsp3) is 0.286. The van der Waals surface area contributed by atoms with Crippen LogP contribution in [0.2, 0.25) is 0 Å². The molecule has 0 radical (unpaired) electrons. The highest BCUT2D eigenvalue weighted by molar-refractivity contribution is 5.45. The minimum atomic E-state index is 0.251. The van der Waals surface area contributed by atoms with E-state index < -0.39 is 0 Å². The summed E-state index contributed by atoms with van der Waals surface area (Å²) in [5.74, 6) is 2.72. The van der Waals surface area contributed by atoms with Crippen molar-refractivity contribution in [1.29, 1.82) is 0 Å². The zero-order valence-corrected chi connectivity index (χ0v) is 19.0. The summed E-state index contributed by atoms with van der Waals surface area (Å²) >= 11 is 0. The van der Waals surface area contributed by atoms with Gasteiger partial charge in [-0.05, 0) is 51.0 Å². The van der Waals surface area contributed by atoms with Crippen molar-refractivity contribution < 1.29 is 0 Å². The Balaban J connectivity index is 1.72. The molecule has 5 rings (SSSR count). The summed E-state index contributed by atoms with van der Waals surface area (Å²) in [4.78, 5) is 18.9. The second-order valence-electron chi connectivity index (χ2n) is 8.89. The molecule has 1 aliphatic carbocycles. The summed E-state index contributed by atoms with van der Waals surface area (Å²) < 4.78 is 0. The van der Waals surface area contributed by atoms with Crippen LogP contribution < -0.4 is 0 Å². The first-order chi connectivity index (χ1) is 15.5. The third-order valence-corrected chi connectivity index (χ3v) is 6.57. The summed E-state index contributed by atoms with van der Waals surface area (Å²) in [6.45, 7) is 8.08. The Morgan fingerprint density at radius 3 is 1.19 bits per heavy atom. The van der Waals surface area contributed by atoms with Gasteiger partial charge in [0.1, 0.15) is 11.6 Å². The quantitative estimate of drug-likeness (QED) is 0.409. The molecule has 0 amide bonds. The largest absolute Gasteiger partial charge is 0.239 e. The van der Waals surface area contributed by atoms with Crippen LogP contribution in [-0.2, 0) is 0 Å². The number of hydrogen-bond acceptors (Lipinski definition) is 4. The first-order valence-corrected chi connectivity index (χ1v) is 11.3. The number of nitrogens with zero attached hydrogens (tertiary/aromatic N) is 4. The third-order valence-electron chi connectivity index (χ3n) is 6.57. The second kappa shape index (κ2) is 8.27. The predicted octanol–water partition coefficient (Wildman–Crippen LogP) is 5.95. The maximum Gasteiger partial charge on any atom is 0.125 e. The summed E-state index contributed by atoms with van der Waals surface area (Å²) in [6, 6.07) is 26.0. The third kappa shape index (κ3) is 3.70. The molecule has 2 aromatic heterocycles. The summed E-state index contributed by atoms with van der Waals surface area (Å²) in [6.07, 6.45) is 0. The Kier molecular flexibility index (Phi) is 5.30. The Bertz CT molecular complexity index is 1090. The maximum atomic E-state index is 4.93. The van der Waals surface area contributed by atoms with Crippen LogP contribution in [-0.4, -0.2) is 19.9 Å². The fourth-order valence-electron chi connectivity index (χ4n) is 5.50. The average Bonchev–Trinajstić information content (AvgIpc) is 2.73. The molecule has 0 bridgehead atoms. The van der Waals surface area contributed by atoms with Crippen molar-refractivity contribution in [3.05, 3.63) is 118 Å². The normalized spacial score (nSPS) is 22.4. The molecule has 1 saturated carbocycles. The molecule has 1 aliphatic rings. The first-order valence-electron chi connectivity index (χ1n) is 11.3. The van der Waals surface area contributed by atoms with Crippen molar-refractivity contribution in [2.45, 2.75) is 51.4 Å². The Morgan fingerprint density at radius 2 is 0.844 bits per heavy atom. The highest BCUT2D eigenvalue weighted by Crippen LogP contribution is 2.65. The standard InChI is InChI=1S/C28H28N4/c1-17-15-23(31-19(3)29-17)27-25(21-11-7-5-8-12-21)28(24-16-18(2)30-20(4)32-24)26(27)22-13-9-6-10-14-22/h5-16,25-28H,1-4H3/t25-,26-,27-,28?/m1/s1. The van der Waals surface area contributed by atoms with E-state index in [0.29, 0.717) is 0 Å². The van der Waals surface area contributed by atoms with Gasteiger partial charge < -0.3 is 0 Å². The van der Waals surface area contributed by atoms with Crippen molar-refractivity contribution in [3.8, 4) is 0 Å². The van der Waals surface area contributed by atoms with Gasteiger partial charge >= 0.3 is 0 Å². The zero-order chi connectivity index (χ0) is 22.2. The molecular formula is C28H28N4. The molecule has 0 aliphatic heterocycles. The van der Waals surface area contributed by atoms with Crippen molar-refractivity contribution in [2.75, 3.05) is 0 Å². The van der Waals surface area contributed by atoms with Crippen LogP contribution in [0.25, 0.3) is 0 Å². The Labute approximate surface area is 189 Å². The molecule has 0 unspecified atom stereocenters. The molecule has 32 heavy (non-hydrogen) atoms. The molecule has 0 N–H and O–H groups in total. The van der Waals surface area contributed by atoms with Crippen LogP contribution in [0.15, 0.2) is 72.8 Å². The zero-order valence-electron chi connectivity index (χ0n) is 19.0. The Hall–Kier alpha value is -3.40. The Morgan fingerprint density at radius 1 is 0.469 bits per heavy atom.